The molecule has 0 aliphatic carbocycles. The van der Waals surface area contributed by atoms with Gasteiger partial charge >= 0.3 is 0 Å². The number of aromatic nitrogens is 2. The highest BCUT2D eigenvalue weighted by molar-refractivity contribution is 5.80. The third-order valence-corrected chi connectivity index (χ3v) is 4.40. The number of carbonyl (C=O) groups is 1. The SMILES string of the molecule is Cc1cnc(NC2CC(=O)N(C3CCN(C)CC3)C2)nc1. The van der Waals surface area contributed by atoms with E-state index >= 15 is 0 Å². The maximum absolute atomic E-state index is 12.2. The standard InChI is InChI=1S/C15H23N5O/c1-11-8-16-15(17-9-11)18-12-7-14(21)20(10-12)13-3-5-19(2)6-4-13/h8-9,12-13H,3-7,10H2,1-2H3,(H,16,17,18). The summed E-state index contributed by atoms with van der Waals surface area (Å²) in [4.78, 5) is 25.1. The molecule has 1 unspecified atom stereocenters. The highest BCUT2D eigenvalue weighted by atomic mass is 16.2. The minimum absolute atomic E-state index is 0.125. The van der Waals surface area contributed by atoms with E-state index in [1.807, 2.05) is 6.92 Å². The van der Waals surface area contributed by atoms with Gasteiger partial charge in [-0.05, 0) is 45.5 Å². The molecule has 1 N–H and O–H groups in total. The number of hydrogen-bond acceptors (Lipinski definition) is 5. The third kappa shape index (κ3) is 3.32. The van der Waals surface area contributed by atoms with Crippen LogP contribution in [0, 0.1) is 6.92 Å². The van der Waals surface area contributed by atoms with Crippen LogP contribution in [-0.2, 0) is 4.79 Å². The molecule has 114 valence electrons. The van der Waals surface area contributed by atoms with Crippen LogP contribution in [-0.4, -0.2) is 64.4 Å². The molecule has 21 heavy (non-hydrogen) atoms. The molecule has 2 fully saturated rings. The topological polar surface area (TPSA) is 61.4 Å². The molecule has 6 nitrogen and oxygen atoms in total. The maximum atomic E-state index is 12.2. The summed E-state index contributed by atoms with van der Waals surface area (Å²) < 4.78 is 0. The van der Waals surface area contributed by atoms with Crippen LogP contribution in [0.3, 0.4) is 0 Å². The molecule has 1 atom stereocenters. The van der Waals surface area contributed by atoms with Crippen molar-refractivity contribution in [1.29, 1.82) is 0 Å². The van der Waals surface area contributed by atoms with E-state index in [1.54, 1.807) is 12.4 Å². The summed E-state index contributed by atoms with van der Waals surface area (Å²) in [7, 11) is 2.14. The lowest BCUT2D eigenvalue weighted by atomic mass is 10.0. The van der Waals surface area contributed by atoms with Crippen molar-refractivity contribution in [3.63, 3.8) is 0 Å². The van der Waals surface area contributed by atoms with Crippen molar-refractivity contribution in [2.75, 3.05) is 32.0 Å². The highest BCUT2D eigenvalue weighted by Crippen LogP contribution is 2.23. The summed E-state index contributed by atoms with van der Waals surface area (Å²) in [6, 6.07) is 0.527. The van der Waals surface area contributed by atoms with E-state index < -0.39 is 0 Å². The Morgan fingerprint density at radius 3 is 2.57 bits per heavy atom. The third-order valence-electron chi connectivity index (χ3n) is 4.40. The number of nitrogens with one attached hydrogen (secondary N) is 1. The number of nitrogens with zero attached hydrogens (tertiary/aromatic N) is 4. The predicted molar refractivity (Wildman–Crippen MR) is 81.0 cm³/mol. The zero-order valence-corrected chi connectivity index (χ0v) is 12.7. The van der Waals surface area contributed by atoms with Crippen LogP contribution in [0.25, 0.3) is 0 Å². The molecular formula is C15H23N5O. The largest absolute Gasteiger partial charge is 0.349 e. The van der Waals surface area contributed by atoms with Gasteiger partial charge in [0.15, 0.2) is 0 Å². The van der Waals surface area contributed by atoms with E-state index in [0.717, 1.165) is 38.0 Å². The molecule has 0 saturated carbocycles. The second-order valence-electron chi connectivity index (χ2n) is 6.21. The molecule has 1 aromatic rings. The predicted octanol–water partition coefficient (Wildman–Crippen LogP) is 0.892. The van der Waals surface area contributed by atoms with Gasteiger partial charge in [-0.25, -0.2) is 9.97 Å². The highest BCUT2D eigenvalue weighted by Gasteiger charge is 2.35. The maximum Gasteiger partial charge on any atom is 0.225 e. The molecule has 3 rings (SSSR count). The fourth-order valence-corrected chi connectivity index (χ4v) is 3.14. The summed E-state index contributed by atoms with van der Waals surface area (Å²) >= 11 is 0. The lowest BCUT2D eigenvalue weighted by molar-refractivity contribution is -0.130. The molecule has 2 aliphatic heterocycles. The number of likely N-dealkylation sites (tertiary alicyclic amines) is 2. The van der Waals surface area contributed by atoms with E-state index in [2.05, 4.69) is 32.1 Å². The summed E-state index contributed by atoms with van der Waals surface area (Å²) in [6.07, 6.45) is 6.29. The Kier molecular flexibility index (Phi) is 4.05. The van der Waals surface area contributed by atoms with Crippen molar-refractivity contribution in [1.82, 2.24) is 19.8 Å². The van der Waals surface area contributed by atoms with Gasteiger partial charge in [-0.2, -0.15) is 0 Å². The molecule has 6 heteroatoms. The van der Waals surface area contributed by atoms with Crippen molar-refractivity contribution < 1.29 is 4.79 Å². The van der Waals surface area contributed by atoms with Crippen molar-refractivity contribution in [2.24, 2.45) is 0 Å². The van der Waals surface area contributed by atoms with E-state index in [9.17, 15) is 4.79 Å². The fourth-order valence-electron chi connectivity index (χ4n) is 3.14. The second kappa shape index (κ2) is 5.97. The van der Waals surface area contributed by atoms with E-state index in [0.29, 0.717) is 18.4 Å². The Morgan fingerprint density at radius 1 is 1.24 bits per heavy atom. The summed E-state index contributed by atoms with van der Waals surface area (Å²) in [5.74, 6) is 0.873. The molecule has 0 radical (unpaired) electrons. The molecule has 0 spiro atoms. The smallest absolute Gasteiger partial charge is 0.225 e. The van der Waals surface area contributed by atoms with Gasteiger partial charge in [-0.1, -0.05) is 0 Å². The Balaban J connectivity index is 1.58. The number of hydrogen-bond donors (Lipinski definition) is 1. The monoisotopic (exact) mass is 289 g/mol. The lowest BCUT2D eigenvalue weighted by Crippen LogP contribution is -2.44. The lowest BCUT2D eigenvalue weighted by Gasteiger charge is -2.35. The number of piperidine rings is 1. The quantitative estimate of drug-likeness (QED) is 0.895. The molecule has 1 aromatic heterocycles. The number of aryl methyl sites for hydroxylation is 1. The summed E-state index contributed by atoms with van der Waals surface area (Å²) in [5, 5.41) is 3.28. The Morgan fingerprint density at radius 2 is 1.90 bits per heavy atom. The first-order valence-electron chi connectivity index (χ1n) is 7.65. The van der Waals surface area contributed by atoms with Crippen LogP contribution in [0.4, 0.5) is 5.95 Å². The van der Waals surface area contributed by atoms with Gasteiger partial charge in [0, 0.05) is 31.4 Å². The first-order valence-corrected chi connectivity index (χ1v) is 7.65. The summed E-state index contributed by atoms with van der Waals surface area (Å²) in [5.41, 5.74) is 1.04. The average Bonchev–Trinajstić information content (AvgIpc) is 2.83. The van der Waals surface area contributed by atoms with Gasteiger partial charge in [-0.15, -0.1) is 0 Å². The molecule has 0 bridgehead atoms. The zero-order chi connectivity index (χ0) is 14.8. The molecule has 2 aliphatic rings. The first-order chi connectivity index (χ1) is 10.1. The van der Waals surface area contributed by atoms with Crippen molar-refractivity contribution in [2.45, 2.75) is 38.3 Å². The van der Waals surface area contributed by atoms with Gasteiger partial charge in [-0.3, -0.25) is 4.79 Å². The second-order valence-corrected chi connectivity index (χ2v) is 6.21. The van der Waals surface area contributed by atoms with Gasteiger partial charge in [0.1, 0.15) is 0 Å². The van der Waals surface area contributed by atoms with Crippen LogP contribution in [0.2, 0.25) is 0 Å². The van der Waals surface area contributed by atoms with Crippen LogP contribution >= 0.6 is 0 Å². The Labute approximate surface area is 125 Å². The molecule has 2 saturated heterocycles. The van der Waals surface area contributed by atoms with Gasteiger partial charge in [0.25, 0.3) is 0 Å². The zero-order valence-electron chi connectivity index (χ0n) is 12.7. The van der Waals surface area contributed by atoms with E-state index in [1.165, 1.54) is 0 Å². The van der Waals surface area contributed by atoms with Gasteiger partial charge in [0.05, 0.1) is 6.04 Å². The Hall–Kier alpha value is -1.69. The fraction of sp³-hybridized carbons (Fsp3) is 0.667. The first kappa shape index (κ1) is 14.3. The van der Waals surface area contributed by atoms with Gasteiger partial charge < -0.3 is 15.1 Å². The Bertz CT molecular complexity index is 495. The molecular weight excluding hydrogens is 266 g/mol. The van der Waals surface area contributed by atoms with Crippen molar-refractivity contribution >= 4 is 11.9 Å². The van der Waals surface area contributed by atoms with E-state index in [-0.39, 0.29) is 11.9 Å². The normalized spacial score (nSPS) is 24.6. The molecule has 3 heterocycles. The van der Waals surface area contributed by atoms with Crippen LogP contribution in [0.5, 0.6) is 0 Å². The minimum atomic E-state index is 0.125. The number of anilines is 1. The van der Waals surface area contributed by atoms with Crippen LogP contribution in [0.15, 0.2) is 12.4 Å². The van der Waals surface area contributed by atoms with Crippen LogP contribution in [0.1, 0.15) is 24.8 Å². The minimum Gasteiger partial charge on any atom is -0.349 e. The molecule has 1 amide bonds. The van der Waals surface area contributed by atoms with E-state index in [4.69, 9.17) is 0 Å². The number of amides is 1. The van der Waals surface area contributed by atoms with Crippen LogP contribution < -0.4 is 5.32 Å². The van der Waals surface area contributed by atoms with Gasteiger partial charge in [0.2, 0.25) is 11.9 Å². The van der Waals surface area contributed by atoms with Crippen molar-refractivity contribution in [3.8, 4) is 0 Å². The summed E-state index contributed by atoms with van der Waals surface area (Å²) in [6.45, 7) is 4.89. The number of rotatable bonds is 3. The number of carbonyl (C=O) groups excluding carboxylic acids is 1. The average molecular weight is 289 g/mol. The van der Waals surface area contributed by atoms with Crippen molar-refractivity contribution in [3.05, 3.63) is 18.0 Å². The molecule has 0 aromatic carbocycles.